The van der Waals surface area contributed by atoms with E-state index in [1.54, 1.807) is 42.2 Å². The summed E-state index contributed by atoms with van der Waals surface area (Å²) in [5, 5.41) is 0.312. The average Bonchev–Trinajstić information content (AvgIpc) is 2.74. The standard InChI is InChI=1S/C22H24ClN3O4S/c1-15-10-11-17(23)13-19(15)26-22(28)25(14-21(27)24-12-6-5-7-16(24)2)18-8-3-4-9-20(18)31(26,29)30/h3-4,8-11,13,16H,5-7,12,14H2,1-2H3. The van der Waals surface area contributed by atoms with Gasteiger partial charge in [-0.05, 0) is 62.9 Å². The lowest BCUT2D eigenvalue weighted by molar-refractivity contribution is -0.132. The molecular weight excluding hydrogens is 438 g/mol. The number of piperidine rings is 1. The molecular formula is C22H24ClN3O4S. The maximum atomic E-state index is 13.5. The van der Waals surface area contributed by atoms with Crippen LogP contribution in [0, 0.1) is 6.92 Å². The van der Waals surface area contributed by atoms with Gasteiger partial charge in [-0.3, -0.25) is 9.69 Å². The number of para-hydroxylation sites is 1. The first-order valence-electron chi connectivity index (χ1n) is 10.2. The van der Waals surface area contributed by atoms with Crippen molar-refractivity contribution in [1.29, 1.82) is 0 Å². The molecule has 0 aliphatic carbocycles. The third-order valence-corrected chi connectivity index (χ3v) is 7.86. The fourth-order valence-corrected chi connectivity index (χ4v) is 6.01. The van der Waals surface area contributed by atoms with E-state index < -0.39 is 16.1 Å². The first-order valence-corrected chi connectivity index (χ1v) is 12.0. The Morgan fingerprint density at radius 2 is 1.87 bits per heavy atom. The number of anilines is 2. The van der Waals surface area contributed by atoms with E-state index in [4.69, 9.17) is 11.6 Å². The smallest absolute Gasteiger partial charge is 0.338 e. The lowest BCUT2D eigenvalue weighted by Crippen LogP contribution is -2.55. The van der Waals surface area contributed by atoms with Crippen molar-refractivity contribution < 1.29 is 18.0 Å². The van der Waals surface area contributed by atoms with E-state index >= 15 is 0 Å². The van der Waals surface area contributed by atoms with Crippen LogP contribution in [0.4, 0.5) is 16.2 Å². The van der Waals surface area contributed by atoms with Gasteiger partial charge in [0.1, 0.15) is 11.4 Å². The van der Waals surface area contributed by atoms with Crippen LogP contribution >= 0.6 is 11.6 Å². The third kappa shape index (κ3) is 3.78. The minimum absolute atomic E-state index is 0.0199. The van der Waals surface area contributed by atoms with Crippen molar-refractivity contribution in [1.82, 2.24) is 4.90 Å². The highest BCUT2D eigenvalue weighted by Crippen LogP contribution is 2.39. The van der Waals surface area contributed by atoms with E-state index in [1.165, 1.54) is 17.0 Å². The molecule has 1 fully saturated rings. The molecule has 164 valence electrons. The summed E-state index contributed by atoms with van der Waals surface area (Å²) in [7, 11) is -4.17. The molecule has 4 rings (SSSR count). The number of likely N-dealkylation sites (tertiary alicyclic amines) is 1. The largest absolute Gasteiger partial charge is 0.343 e. The number of nitrogens with zero attached hydrogens (tertiary/aromatic N) is 3. The van der Waals surface area contributed by atoms with Crippen molar-refractivity contribution in [2.75, 3.05) is 22.3 Å². The summed E-state index contributed by atoms with van der Waals surface area (Å²) < 4.78 is 27.6. The lowest BCUT2D eigenvalue weighted by atomic mass is 10.0. The molecule has 1 unspecified atom stereocenters. The van der Waals surface area contributed by atoms with Gasteiger partial charge in [0.15, 0.2) is 0 Å². The second kappa shape index (κ2) is 8.16. The molecule has 0 spiro atoms. The highest BCUT2D eigenvalue weighted by Gasteiger charge is 2.44. The molecule has 2 aromatic rings. The highest BCUT2D eigenvalue weighted by molar-refractivity contribution is 7.94. The van der Waals surface area contributed by atoms with Gasteiger partial charge in [-0.1, -0.05) is 29.8 Å². The molecule has 0 N–H and O–H groups in total. The topological polar surface area (TPSA) is 78.0 Å². The molecule has 0 aromatic heterocycles. The van der Waals surface area contributed by atoms with Crippen LogP contribution in [0.2, 0.25) is 5.02 Å². The number of amides is 3. The number of hydrogen-bond donors (Lipinski definition) is 0. The summed E-state index contributed by atoms with van der Waals surface area (Å²) in [6, 6.07) is 10.3. The van der Waals surface area contributed by atoms with Gasteiger partial charge in [-0.25, -0.2) is 13.2 Å². The van der Waals surface area contributed by atoms with Gasteiger partial charge in [0.25, 0.3) is 10.0 Å². The van der Waals surface area contributed by atoms with Gasteiger partial charge < -0.3 is 4.90 Å². The Morgan fingerprint density at radius 3 is 2.61 bits per heavy atom. The van der Waals surface area contributed by atoms with Gasteiger partial charge in [-0.2, -0.15) is 4.31 Å². The fourth-order valence-electron chi connectivity index (χ4n) is 4.19. The minimum Gasteiger partial charge on any atom is -0.338 e. The van der Waals surface area contributed by atoms with Crippen molar-refractivity contribution in [2.45, 2.75) is 44.0 Å². The van der Waals surface area contributed by atoms with Gasteiger partial charge in [0, 0.05) is 17.6 Å². The van der Waals surface area contributed by atoms with Crippen LogP contribution < -0.4 is 9.21 Å². The van der Waals surface area contributed by atoms with Crippen molar-refractivity contribution in [3.63, 3.8) is 0 Å². The van der Waals surface area contributed by atoms with Crippen molar-refractivity contribution >= 4 is 44.9 Å². The van der Waals surface area contributed by atoms with E-state index in [0.717, 1.165) is 23.6 Å². The number of aryl methyl sites for hydroxylation is 1. The molecule has 0 saturated carbocycles. The predicted molar refractivity (Wildman–Crippen MR) is 120 cm³/mol. The monoisotopic (exact) mass is 461 g/mol. The molecule has 31 heavy (non-hydrogen) atoms. The number of fused-ring (bicyclic) bond motifs is 1. The van der Waals surface area contributed by atoms with Crippen molar-refractivity contribution in [2.24, 2.45) is 0 Å². The number of rotatable bonds is 3. The molecule has 2 aliphatic heterocycles. The summed E-state index contributed by atoms with van der Waals surface area (Å²) >= 11 is 6.11. The normalized spacial score (nSPS) is 20.5. The SMILES string of the molecule is Cc1ccc(Cl)cc1N1C(=O)N(CC(=O)N2CCCCC2C)c2ccccc2S1(=O)=O. The van der Waals surface area contributed by atoms with Crippen molar-refractivity contribution in [3.8, 4) is 0 Å². The van der Waals surface area contributed by atoms with Crippen LogP contribution in [-0.2, 0) is 14.8 Å². The number of hydrogen-bond acceptors (Lipinski definition) is 4. The molecule has 0 bridgehead atoms. The number of carbonyl (C=O) groups excluding carboxylic acids is 2. The number of halogens is 1. The van der Waals surface area contributed by atoms with Crippen LogP contribution in [0.5, 0.6) is 0 Å². The quantitative estimate of drug-likeness (QED) is 0.686. The van der Waals surface area contributed by atoms with E-state index in [1.807, 2.05) is 6.92 Å². The second-order valence-corrected chi connectivity index (χ2v) is 10.2. The summed E-state index contributed by atoms with van der Waals surface area (Å²) in [4.78, 5) is 29.6. The van der Waals surface area contributed by atoms with Gasteiger partial charge in [-0.15, -0.1) is 0 Å². The average molecular weight is 462 g/mol. The molecule has 7 nitrogen and oxygen atoms in total. The summed E-state index contributed by atoms with van der Waals surface area (Å²) in [6.45, 7) is 4.11. The Hall–Kier alpha value is -2.58. The van der Waals surface area contributed by atoms with E-state index in [2.05, 4.69) is 0 Å². The Morgan fingerprint density at radius 1 is 1.13 bits per heavy atom. The maximum absolute atomic E-state index is 13.5. The maximum Gasteiger partial charge on any atom is 0.343 e. The predicted octanol–water partition coefficient (Wildman–Crippen LogP) is 4.18. The Balaban J connectivity index is 1.79. The van der Waals surface area contributed by atoms with Crippen LogP contribution in [0.25, 0.3) is 0 Å². The summed E-state index contributed by atoms with van der Waals surface area (Å²) in [5.41, 5.74) is 0.967. The summed E-state index contributed by atoms with van der Waals surface area (Å²) in [6.07, 6.45) is 2.90. The van der Waals surface area contributed by atoms with Crippen LogP contribution in [0.3, 0.4) is 0 Å². The molecule has 0 radical (unpaired) electrons. The third-order valence-electron chi connectivity index (χ3n) is 5.89. The number of urea groups is 1. The fraction of sp³-hybridized carbons (Fsp3) is 0.364. The number of benzene rings is 2. The molecule has 2 aromatic carbocycles. The van der Waals surface area contributed by atoms with Crippen LogP contribution in [0.1, 0.15) is 31.7 Å². The zero-order chi connectivity index (χ0) is 22.3. The Bertz CT molecular complexity index is 1150. The minimum atomic E-state index is -4.17. The van der Waals surface area contributed by atoms with Crippen LogP contribution in [-0.4, -0.2) is 44.4 Å². The lowest BCUT2D eigenvalue weighted by Gasteiger charge is -2.39. The van der Waals surface area contributed by atoms with Gasteiger partial charge in [0.2, 0.25) is 5.91 Å². The first kappa shape index (κ1) is 21.6. The van der Waals surface area contributed by atoms with E-state index in [9.17, 15) is 18.0 Å². The molecule has 1 atom stereocenters. The zero-order valence-corrected chi connectivity index (χ0v) is 19.0. The van der Waals surface area contributed by atoms with Gasteiger partial charge >= 0.3 is 6.03 Å². The molecule has 3 amide bonds. The first-order chi connectivity index (χ1) is 14.7. The summed E-state index contributed by atoms with van der Waals surface area (Å²) in [5.74, 6) is -0.197. The molecule has 1 saturated heterocycles. The Labute approximate surface area is 187 Å². The molecule has 2 aliphatic rings. The van der Waals surface area contributed by atoms with E-state index in [0.29, 0.717) is 17.1 Å². The molecule has 2 heterocycles. The van der Waals surface area contributed by atoms with E-state index in [-0.39, 0.29) is 34.8 Å². The zero-order valence-electron chi connectivity index (χ0n) is 17.4. The number of carbonyl (C=O) groups is 2. The molecule has 9 heteroatoms. The second-order valence-electron chi connectivity index (χ2n) is 7.97. The highest BCUT2D eigenvalue weighted by atomic mass is 35.5. The Kier molecular flexibility index (Phi) is 5.70. The van der Waals surface area contributed by atoms with Gasteiger partial charge in [0.05, 0.1) is 11.4 Å². The van der Waals surface area contributed by atoms with Crippen LogP contribution in [0.15, 0.2) is 47.4 Å². The van der Waals surface area contributed by atoms with Crippen molar-refractivity contribution in [3.05, 3.63) is 53.1 Å². The number of sulfonamides is 1.